The molecule has 3 amide bonds. The monoisotopic (exact) mass is 474 g/mol. The second-order valence-electron chi connectivity index (χ2n) is 8.20. The molecule has 0 aliphatic carbocycles. The first-order chi connectivity index (χ1) is 16.1. The molecule has 1 atom stereocenters. The maximum Gasteiger partial charge on any atom is 0.416 e. The highest BCUT2D eigenvalue weighted by Gasteiger charge is 2.56. The molecule has 4 rings (SSSR count). The second kappa shape index (κ2) is 8.44. The van der Waals surface area contributed by atoms with E-state index in [1.54, 1.807) is 6.07 Å². The van der Waals surface area contributed by atoms with Gasteiger partial charge < -0.3 is 9.80 Å². The quantitative estimate of drug-likeness (QED) is 0.504. The van der Waals surface area contributed by atoms with Gasteiger partial charge in [-0.3, -0.25) is 19.3 Å². The maximum absolute atomic E-state index is 14.7. The fraction of sp³-hybridized carbons (Fsp3) is 0.304. The van der Waals surface area contributed by atoms with Gasteiger partial charge in [-0.05, 0) is 42.3 Å². The van der Waals surface area contributed by atoms with Crippen LogP contribution in [0.2, 0.25) is 0 Å². The first-order valence-corrected chi connectivity index (χ1v) is 10.3. The second-order valence-corrected chi connectivity index (χ2v) is 8.20. The minimum absolute atomic E-state index is 0.0451. The number of halogens is 4. The van der Waals surface area contributed by atoms with Crippen molar-refractivity contribution in [2.24, 2.45) is 0 Å². The Labute approximate surface area is 191 Å². The third kappa shape index (κ3) is 3.96. The maximum atomic E-state index is 14.7. The van der Waals surface area contributed by atoms with Gasteiger partial charge in [-0.25, -0.2) is 4.39 Å². The number of amides is 3. The topological polar surface area (TPSA) is 84.7 Å². The molecule has 0 radical (unpaired) electrons. The SMILES string of the molecule is N#Cc1ccc(N2CC(=O)N(Cc3ccc(C(F)(F)F)cc3)[C@@]3(CCN(C=O)C3)C2=O)c(F)c1. The zero-order chi connectivity index (χ0) is 24.7. The average molecular weight is 474 g/mol. The molecule has 0 saturated carbocycles. The van der Waals surface area contributed by atoms with Crippen molar-refractivity contribution in [1.29, 1.82) is 5.26 Å². The van der Waals surface area contributed by atoms with Crippen LogP contribution < -0.4 is 4.90 Å². The first kappa shape index (κ1) is 23.2. The molecule has 2 aromatic carbocycles. The van der Waals surface area contributed by atoms with Crippen LogP contribution in [0.15, 0.2) is 42.5 Å². The Morgan fingerprint density at radius 1 is 1.12 bits per heavy atom. The van der Waals surface area contributed by atoms with Gasteiger partial charge in [0.05, 0.1) is 29.4 Å². The first-order valence-electron chi connectivity index (χ1n) is 10.3. The van der Waals surface area contributed by atoms with Gasteiger partial charge >= 0.3 is 6.18 Å². The minimum Gasteiger partial charge on any atom is -0.342 e. The molecule has 176 valence electrons. The Bertz CT molecular complexity index is 1190. The molecule has 2 aliphatic rings. The number of rotatable bonds is 4. The molecule has 2 aromatic rings. The molecule has 0 unspecified atom stereocenters. The summed E-state index contributed by atoms with van der Waals surface area (Å²) >= 11 is 0. The number of likely N-dealkylation sites (tertiary alicyclic amines) is 1. The highest BCUT2D eigenvalue weighted by Crippen LogP contribution is 2.37. The fourth-order valence-electron chi connectivity index (χ4n) is 4.42. The van der Waals surface area contributed by atoms with E-state index >= 15 is 0 Å². The van der Waals surface area contributed by atoms with Crippen LogP contribution in [0.3, 0.4) is 0 Å². The van der Waals surface area contributed by atoms with Crippen LogP contribution in [0.5, 0.6) is 0 Å². The van der Waals surface area contributed by atoms with Crippen LogP contribution >= 0.6 is 0 Å². The lowest BCUT2D eigenvalue weighted by Gasteiger charge is -2.47. The average Bonchev–Trinajstić information content (AvgIpc) is 3.24. The molecule has 1 spiro atoms. The standard InChI is InChI=1S/C23H18F4N4O3/c24-18-9-16(10-28)3-6-19(18)30-12-20(33)31(22(21(30)34)7-8-29(13-22)14-32)11-15-1-4-17(5-2-15)23(25,26)27/h1-6,9,14H,7-8,11-13H2/t22-/m1/s1. The molecule has 0 N–H and O–H groups in total. The summed E-state index contributed by atoms with van der Waals surface area (Å²) in [6.07, 6.45) is -3.88. The molecule has 34 heavy (non-hydrogen) atoms. The number of piperazine rings is 1. The summed E-state index contributed by atoms with van der Waals surface area (Å²) < 4.78 is 53.4. The Morgan fingerprint density at radius 2 is 1.82 bits per heavy atom. The van der Waals surface area contributed by atoms with Gasteiger partial charge in [0, 0.05) is 13.1 Å². The molecule has 0 bridgehead atoms. The Balaban J connectivity index is 1.70. The predicted octanol–water partition coefficient (Wildman–Crippen LogP) is 2.69. The smallest absolute Gasteiger partial charge is 0.342 e. The van der Waals surface area contributed by atoms with E-state index in [1.807, 2.05) is 0 Å². The van der Waals surface area contributed by atoms with Crippen LogP contribution in [0.1, 0.15) is 23.1 Å². The highest BCUT2D eigenvalue weighted by molar-refractivity contribution is 6.09. The van der Waals surface area contributed by atoms with Crippen LogP contribution in [-0.4, -0.2) is 53.2 Å². The number of hydrogen-bond donors (Lipinski definition) is 0. The lowest BCUT2D eigenvalue weighted by Crippen LogP contribution is -2.69. The van der Waals surface area contributed by atoms with E-state index in [-0.39, 0.29) is 37.3 Å². The number of carbonyl (C=O) groups is 3. The zero-order valence-corrected chi connectivity index (χ0v) is 17.7. The van der Waals surface area contributed by atoms with Crippen molar-refractivity contribution >= 4 is 23.9 Å². The third-order valence-corrected chi connectivity index (χ3v) is 6.17. The van der Waals surface area contributed by atoms with Gasteiger partial charge in [-0.1, -0.05) is 12.1 Å². The molecular weight excluding hydrogens is 456 g/mol. The minimum atomic E-state index is -4.52. The molecule has 0 aromatic heterocycles. The largest absolute Gasteiger partial charge is 0.416 e. The summed E-state index contributed by atoms with van der Waals surface area (Å²) in [6.45, 7) is -0.601. The number of nitriles is 1. The fourth-order valence-corrected chi connectivity index (χ4v) is 4.42. The molecular formula is C23H18F4N4O3. The molecule has 2 fully saturated rings. The summed E-state index contributed by atoms with van der Waals surface area (Å²) in [5.74, 6) is -2.00. The van der Waals surface area contributed by atoms with Crippen LogP contribution in [0, 0.1) is 17.1 Å². The lowest BCUT2D eigenvalue weighted by molar-refractivity contribution is -0.151. The van der Waals surface area contributed by atoms with E-state index < -0.39 is 41.5 Å². The van der Waals surface area contributed by atoms with E-state index in [0.717, 1.165) is 23.1 Å². The van der Waals surface area contributed by atoms with Gasteiger partial charge in [0.1, 0.15) is 17.9 Å². The van der Waals surface area contributed by atoms with Crippen LogP contribution in [0.4, 0.5) is 23.2 Å². The normalized spacial score (nSPS) is 20.7. The van der Waals surface area contributed by atoms with Gasteiger partial charge in [0.2, 0.25) is 12.3 Å². The summed E-state index contributed by atoms with van der Waals surface area (Å²) in [6, 6.07) is 9.56. The summed E-state index contributed by atoms with van der Waals surface area (Å²) in [5, 5.41) is 8.96. The number of hydrogen-bond acceptors (Lipinski definition) is 4. The van der Waals surface area contributed by atoms with Crippen LogP contribution in [0.25, 0.3) is 0 Å². The number of anilines is 1. The van der Waals surface area contributed by atoms with E-state index in [0.29, 0.717) is 12.0 Å². The van der Waals surface area contributed by atoms with Crippen molar-refractivity contribution in [2.75, 3.05) is 24.5 Å². The van der Waals surface area contributed by atoms with Crippen molar-refractivity contribution in [2.45, 2.75) is 24.7 Å². The summed E-state index contributed by atoms with van der Waals surface area (Å²) in [7, 11) is 0. The van der Waals surface area contributed by atoms with Crippen molar-refractivity contribution in [3.8, 4) is 6.07 Å². The Morgan fingerprint density at radius 3 is 2.38 bits per heavy atom. The van der Waals surface area contributed by atoms with Gasteiger partial charge in [0.25, 0.3) is 5.91 Å². The molecule has 2 saturated heterocycles. The number of benzene rings is 2. The molecule has 7 nitrogen and oxygen atoms in total. The van der Waals surface area contributed by atoms with Gasteiger partial charge in [-0.15, -0.1) is 0 Å². The summed E-state index contributed by atoms with van der Waals surface area (Å²) in [4.78, 5) is 41.9. The van der Waals surface area contributed by atoms with E-state index in [9.17, 15) is 31.9 Å². The number of alkyl halides is 3. The van der Waals surface area contributed by atoms with Crippen molar-refractivity contribution < 1.29 is 31.9 Å². The van der Waals surface area contributed by atoms with E-state index in [4.69, 9.17) is 5.26 Å². The van der Waals surface area contributed by atoms with Crippen molar-refractivity contribution in [3.05, 3.63) is 65.0 Å². The lowest BCUT2D eigenvalue weighted by atomic mass is 9.89. The van der Waals surface area contributed by atoms with Gasteiger partial charge in [0.15, 0.2) is 0 Å². The Kier molecular flexibility index (Phi) is 5.77. The predicted molar refractivity (Wildman–Crippen MR) is 110 cm³/mol. The van der Waals surface area contributed by atoms with Gasteiger partial charge in [-0.2, -0.15) is 18.4 Å². The van der Waals surface area contributed by atoms with Crippen molar-refractivity contribution in [1.82, 2.24) is 9.80 Å². The van der Waals surface area contributed by atoms with E-state index in [1.165, 1.54) is 34.1 Å². The zero-order valence-electron chi connectivity index (χ0n) is 17.7. The highest BCUT2D eigenvalue weighted by atomic mass is 19.4. The Hall–Kier alpha value is -3.94. The molecule has 2 aliphatic heterocycles. The summed E-state index contributed by atoms with van der Waals surface area (Å²) in [5.41, 5.74) is -2.10. The van der Waals surface area contributed by atoms with E-state index in [2.05, 4.69) is 0 Å². The van der Waals surface area contributed by atoms with Crippen LogP contribution in [-0.2, 0) is 27.1 Å². The number of nitrogens with zero attached hydrogens (tertiary/aromatic N) is 4. The van der Waals surface area contributed by atoms with Crippen molar-refractivity contribution in [3.63, 3.8) is 0 Å². The third-order valence-electron chi connectivity index (χ3n) is 6.17. The number of carbonyl (C=O) groups excluding carboxylic acids is 3. The molecule has 11 heteroatoms. The molecule has 2 heterocycles.